The highest BCUT2D eigenvalue weighted by molar-refractivity contribution is 6.05. The molecule has 1 aliphatic carbocycles. The molecule has 3 heteroatoms. The van der Waals surface area contributed by atoms with Gasteiger partial charge in [0.1, 0.15) is 5.82 Å². The molecule has 0 unspecified atom stereocenters. The van der Waals surface area contributed by atoms with Crippen molar-refractivity contribution in [2.45, 2.75) is 98.4 Å². The summed E-state index contributed by atoms with van der Waals surface area (Å²) in [5, 5.41) is 2.55. The number of unbranched alkanes of at least 4 members (excludes halogenated alkanes) is 1. The molecule has 0 amide bonds. The van der Waals surface area contributed by atoms with Crippen LogP contribution in [0.2, 0.25) is 0 Å². The second-order valence-corrected chi connectivity index (χ2v) is 14.3. The van der Waals surface area contributed by atoms with Crippen molar-refractivity contribution in [1.82, 2.24) is 0 Å². The largest absolute Gasteiger partial charge is 0.222 e. The average molecular weight is 611 g/mol. The molecular weight excluding hydrogens is 563 g/mol. The van der Waals surface area contributed by atoms with Gasteiger partial charge in [-0.2, -0.15) is 9.13 Å². The first-order valence-electron chi connectivity index (χ1n) is 17.2. The minimum absolute atomic E-state index is 0.115. The molecule has 0 atom stereocenters. The quantitative estimate of drug-likeness (QED) is 0.162. The zero-order valence-electron chi connectivity index (χ0n) is 28.8. The summed E-state index contributed by atoms with van der Waals surface area (Å²) < 4.78 is 21.2. The van der Waals surface area contributed by atoms with E-state index < -0.39 is 5.41 Å². The van der Waals surface area contributed by atoms with Crippen molar-refractivity contribution < 1.29 is 13.5 Å². The summed E-state index contributed by atoms with van der Waals surface area (Å²) in [6, 6.07) is 22.1. The van der Waals surface area contributed by atoms with Gasteiger partial charge in [-0.1, -0.05) is 76.9 Å². The minimum Gasteiger partial charge on any atom is -0.207 e. The van der Waals surface area contributed by atoms with Crippen molar-refractivity contribution in [3.8, 4) is 22.5 Å². The van der Waals surface area contributed by atoms with E-state index in [9.17, 15) is 0 Å². The van der Waals surface area contributed by atoms with Crippen molar-refractivity contribution in [3.05, 3.63) is 118 Å². The highest BCUT2D eigenvalue weighted by atomic mass is 19.1. The monoisotopic (exact) mass is 610 g/mol. The third-order valence-corrected chi connectivity index (χ3v) is 11.1. The molecular formula is C43H47FN2+2. The molecule has 0 radical (unpaired) electrons. The van der Waals surface area contributed by atoms with Crippen molar-refractivity contribution in [2.24, 2.45) is 0 Å². The fourth-order valence-corrected chi connectivity index (χ4v) is 8.52. The molecule has 0 bridgehead atoms. The van der Waals surface area contributed by atoms with Gasteiger partial charge in [-0.15, -0.1) is 0 Å². The maximum Gasteiger partial charge on any atom is 0.222 e. The molecule has 2 aromatic heterocycles. The Morgan fingerprint density at radius 1 is 0.804 bits per heavy atom. The van der Waals surface area contributed by atoms with Crippen molar-refractivity contribution in [2.75, 3.05) is 0 Å². The number of pyridine rings is 2. The van der Waals surface area contributed by atoms with E-state index in [1.165, 1.54) is 61.1 Å². The number of hydrogen-bond donors (Lipinski definition) is 0. The third-order valence-electron chi connectivity index (χ3n) is 11.1. The van der Waals surface area contributed by atoms with Gasteiger partial charge in [0.15, 0.2) is 24.1 Å². The van der Waals surface area contributed by atoms with Crippen LogP contribution in [0, 0.1) is 26.6 Å². The second-order valence-electron chi connectivity index (χ2n) is 14.3. The Kier molecular flexibility index (Phi) is 7.31. The van der Waals surface area contributed by atoms with E-state index in [-0.39, 0.29) is 11.4 Å². The molecule has 234 valence electrons. The standard InChI is InChI=1S/C43H47FN2/c1-9-12-13-30-24-31-19-21-46-41-38(31)34(25-30)42(7,8)40-36(44)17-16-32(39(40)41)35(43(46,10-2)11-3)26-45-20-18-28(5)23-37(45)33-22-27(4)14-15-29(33)6/h14-26H,9-13H2,1-8H3/q+2. The lowest BCUT2D eigenvalue weighted by Crippen LogP contribution is -2.60. The minimum atomic E-state index is -0.480. The van der Waals surface area contributed by atoms with Gasteiger partial charge in [0, 0.05) is 53.1 Å². The van der Waals surface area contributed by atoms with Crippen LogP contribution in [0.25, 0.3) is 45.1 Å². The van der Waals surface area contributed by atoms with Gasteiger partial charge in [0.25, 0.3) is 0 Å². The topological polar surface area (TPSA) is 7.76 Å². The van der Waals surface area contributed by atoms with Gasteiger partial charge >= 0.3 is 0 Å². The molecule has 46 heavy (non-hydrogen) atoms. The van der Waals surface area contributed by atoms with E-state index in [2.05, 4.69) is 138 Å². The molecule has 1 aliphatic heterocycles. The highest BCUT2D eigenvalue weighted by Crippen LogP contribution is 2.55. The van der Waals surface area contributed by atoms with Gasteiger partial charge in [0.05, 0.1) is 16.5 Å². The number of aromatic nitrogens is 2. The number of halogens is 1. The number of allylic oxidation sites excluding steroid dienone is 1. The lowest BCUT2D eigenvalue weighted by Gasteiger charge is -2.41. The van der Waals surface area contributed by atoms with Gasteiger partial charge in [-0.05, 0) is 73.4 Å². The molecule has 0 fully saturated rings. The first-order chi connectivity index (χ1) is 22.0. The Bertz CT molecular complexity index is 2080. The van der Waals surface area contributed by atoms with Crippen LogP contribution < -0.4 is 9.13 Å². The summed E-state index contributed by atoms with van der Waals surface area (Å²) in [7, 11) is 0. The summed E-state index contributed by atoms with van der Waals surface area (Å²) in [6.07, 6.45) is 12.1. The third kappa shape index (κ3) is 4.34. The zero-order chi connectivity index (χ0) is 32.5. The molecule has 0 N–H and O–H groups in total. The van der Waals surface area contributed by atoms with Crippen LogP contribution in [-0.4, -0.2) is 0 Å². The van der Waals surface area contributed by atoms with E-state index in [1.807, 2.05) is 0 Å². The van der Waals surface area contributed by atoms with E-state index in [0.717, 1.165) is 48.8 Å². The van der Waals surface area contributed by atoms with Gasteiger partial charge in [0.2, 0.25) is 11.4 Å². The van der Waals surface area contributed by atoms with Crippen molar-refractivity contribution >= 4 is 22.5 Å². The van der Waals surface area contributed by atoms with E-state index in [0.29, 0.717) is 0 Å². The maximum absolute atomic E-state index is 16.4. The SMILES string of the molecule is CCCCc1cc2c3c4[n+](ccc3c1)C(CC)(CC)C(=C[n+]1ccc(C)cc1-c1cc(C)ccc1C)c1ccc(F)c(c1-4)C2(C)C. The van der Waals surface area contributed by atoms with Crippen LogP contribution in [0.5, 0.6) is 0 Å². The second kappa shape index (κ2) is 11.0. The predicted molar refractivity (Wildman–Crippen MR) is 189 cm³/mol. The van der Waals surface area contributed by atoms with E-state index >= 15 is 4.39 Å². The summed E-state index contributed by atoms with van der Waals surface area (Å²) in [5.74, 6) is -0.115. The Hall–Kier alpha value is -4.11. The number of rotatable bonds is 7. The van der Waals surface area contributed by atoms with Crippen LogP contribution in [0.3, 0.4) is 0 Å². The fraction of sp³-hybridized carbons (Fsp3) is 0.349. The normalized spacial score (nSPS) is 16.3. The molecule has 3 aromatic carbocycles. The Balaban J connectivity index is 1.59. The first-order valence-corrected chi connectivity index (χ1v) is 17.2. The van der Waals surface area contributed by atoms with Crippen molar-refractivity contribution in [1.29, 1.82) is 0 Å². The van der Waals surface area contributed by atoms with Gasteiger partial charge < -0.3 is 0 Å². The first kappa shape index (κ1) is 30.5. The summed E-state index contributed by atoms with van der Waals surface area (Å²) in [6.45, 7) is 17.8. The Labute approximate surface area is 274 Å². The summed E-state index contributed by atoms with van der Waals surface area (Å²) >= 11 is 0. The molecule has 0 spiro atoms. The van der Waals surface area contributed by atoms with Crippen LogP contribution in [0.4, 0.5) is 4.39 Å². The summed E-state index contributed by atoms with van der Waals surface area (Å²) in [4.78, 5) is 0. The van der Waals surface area contributed by atoms with E-state index in [1.54, 1.807) is 6.07 Å². The molecule has 2 aliphatic rings. The Morgan fingerprint density at radius 2 is 1.57 bits per heavy atom. The molecule has 5 aromatic rings. The smallest absolute Gasteiger partial charge is 0.207 e. The Morgan fingerprint density at radius 3 is 2.30 bits per heavy atom. The maximum atomic E-state index is 16.4. The van der Waals surface area contributed by atoms with E-state index in [4.69, 9.17) is 0 Å². The molecule has 3 heterocycles. The lowest BCUT2D eigenvalue weighted by molar-refractivity contribution is -0.741. The van der Waals surface area contributed by atoms with Crippen molar-refractivity contribution in [3.63, 3.8) is 0 Å². The van der Waals surface area contributed by atoms with Crippen LogP contribution in [-0.2, 0) is 17.4 Å². The fourth-order valence-electron chi connectivity index (χ4n) is 8.52. The number of aryl methyl sites for hydroxylation is 4. The molecule has 7 rings (SSSR count). The lowest BCUT2D eigenvalue weighted by atomic mass is 9.64. The van der Waals surface area contributed by atoms with Crippen LogP contribution in [0.15, 0.2) is 73.1 Å². The average Bonchev–Trinajstić information content (AvgIpc) is 3.04. The number of benzene rings is 3. The van der Waals surface area contributed by atoms with Crippen LogP contribution >= 0.6 is 0 Å². The zero-order valence-corrected chi connectivity index (χ0v) is 28.8. The van der Waals surface area contributed by atoms with Gasteiger partial charge in [-0.3, -0.25) is 0 Å². The number of hydrogen-bond acceptors (Lipinski definition) is 0. The predicted octanol–water partition coefficient (Wildman–Crippen LogP) is 10.3. The highest BCUT2D eigenvalue weighted by Gasteiger charge is 2.54. The molecule has 0 saturated carbocycles. The summed E-state index contributed by atoms with van der Waals surface area (Å²) in [5.41, 5.74) is 13.4. The number of nitrogens with zero attached hydrogens (tertiary/aromatic N) is 2. The molecule has 0 saturated heterocycles. The van der Waals surface area contributed by atoms with Crippen LogP contribution in [0.1, 0.15) is 99.2 Å². The van der Waals surface area contributed by atoms with Gasteiger partial charge in [-0.25, -0.2) is 4.39 Å². The molecule has 2 nitrogen and oxygen atoms in total.